The number of hydrogen-bond acceptors (Lipinski definition) is 4. The van der Waals surface area contributed by atoms with E-state index in [9.17, 15) is 8.42 Å². The zero-order valence-electron chi connectivity index (χ0n) is 13.3. The number of nitrogens with two attached hydrogens (primary N) is 1. The molecular weight excluding hydrogens is 324 g/mol. The summed E-state index contributed by atoms with van der Waals surface area (Å²) in [6.07, 6.45) is 0. The van der Waals surface area contributed by atoms with E-state index in [1.165, 1.54) is 14.1 Å². The van der Waals surface area contributed by atoms with Gasteiger partial charge in [0.2, 0.25) is 5.95 Å². The van der Waals surface area contributed by atoms with Crippen LogP contribution < -0.4 is 5.73 Å². The molecule has 0 aliphatic heterocycles. The van der Waals surface area contributed by atoms with Crippen molar-refractivity contribution in [3.63, 3.8) is 0 Å². The predicted molar refractivity (Wildman–Crippen MR) is 94.6 cm³/mol. The lowest BCUT2D eigenvalue weighted by atomic mass is 10.1. The second-order valence-electron chi connectivity index (χ2n) is 5.34. The predicted octanol–water partition coefficient (Wildman–Crippen LogP) is 1.67. The highest BCUT2D eigenvalue weighted by molar-refractivity contribution is 7.87. The molecular formula is C17H16N4O2S. The Hall–Kier alpha value is -2.82. The molecule has 0 unspecified atom stereocenters. The fraction of sp³-hybridized carbons (Fsp3) is 0.118. The molecule has 7 heteroatoms. The normalized spacial score (nSPS) is 11.5. The Balaban J connectivity index is 2.14. The van der Waals surface area contributed by atoms with E-state index in [4.69, 9.17) is 5.73 Å². The van der Waals surface area contributed by atoms with Crippen molar-refractivity contribution in [1.82, 2.24) is 13.3 Å². The molecule has 2 N–H and O–H groups in total. The van der Waals surface area contributed by atoms with Crippen molar-refractivity contribution in [1.29, 1.82) is 0 Å². The molecule has 0 saturated carbocycles. The molecule has 0 aliphatic rings. The Labute approximate surface area is 140 Å². The molecule has 0 atom stereocenters. The van der Waals surface area contributed by atoms with Crippen LogP contribution in [-0.4, -0.2) is 35.8 Å². The van der Waals surface area contributed by atoms with E-state index in [0.717, 1.165) is 13.8 Å². The third kappa shape index (κ3) is 2.85. The summed E-state index contributed by atoms with van der Waals surface area (Å²) in [5, 5.41) is 0. The fourth-order valence-corrected chi connectivity index (χ4v) is 3.22. The van der Waals surface area contributed by atoms with Gasteiger partial charge in [0.1, 0.15) is 0 Å². The number of rotatable bonds is 2. The lowest BCUT2D eigenvalue weighted by molar-refractivity contribution is 0.513. The first-order valence-electron chi connectivity index (χ1n) is 7.17. The minimum absolute atomic E-state index is 0.0770. The monoisotopic (exact) mass is 340 g/mol. The fourth-order valence-electron chi connectivity index (χ4n) is 2.22. The maximum atomic E-state index is 12.5. The maximum Gasteiger partial charge on any atom is 0.310 e. The molecule has 1 heterocycles. The van der Waals surface area contributed by atoms with Gasteiger partial charge >= 0.3 is 10.2 Å². The van der Waals surface area contributed by atoms with E-state index in [1.54, 1.807) is 18.2 Å². The van der Waals surface area contributed by atoms with Crippen LogP contribution in [0.1, 0.15) is 11.1 Å². The molecule has 3 aromatic rings. The number of anilines is 1. The van der Waals surface area contributed by atoms with Crippen LogP contribution in [0.25, 0.3) is 11.0 Å². The van der Waals surface area contributed by atoms with E-state index >= 15 is 0 Å². The highest BCUT2D eigenvalue weighted by Crippen LogP contribution is 2.22. The molecule has 1 aromatic heterocycles. The van der Waals surface area contributed by atoms with Gasteiger partial charge < -0.3 is 5.73 Å². The van der Waals surface area contributed by atoms with E-state index in [2.05, 4.69) is 16.8 Å². The van der Waals surface area contributed by atoms with E-state index in [-0.39, 0.29) is 5.95 Å². The topological polar surface area (TPSA) is 81.2 Å². The Morgan fingerprint density at radius 1 is 1.04 bits per heavy atom. The van der Waals surface area contributed by atoms with Crippen LogP contribution in [-0.2, 0) is 10.2 Å². The minimum atomic E-state index is -3.76. The molecule has 0 amide bonds. The SMILES string of the molecule is CN(C)S(=O)(=O)n1c(N)nc2ccc(C#Cc3ccccc3)cc21. The third-order valence-electron chi connectivity index (χ3n) is 3.45. The first-order chi connectivity index (χ1) is 11.4. The maximum absolute atomic E-state index is 12.5. The minimum Gasteiger partial charge on any atom is -0.368 e. The third-order valence-corrected chi connectivity index (χ3v) is 5.22. The lowest BCUT2D eigenvalue weighted by Gasteiger charge is -2.13. The largest absolute Gasteiger partial charge is 0.368 e. The standard InChI is InChI=1S/C17H16N4O2S/c1-20(2)24(22,23)21-16-12-14(10-11-15(16)19-17(21)18)9-8-13-6-4-3-5-7-13/h3-7,10-12H,1-2H3,(H2,18,19). The zero-order chi connectivity index (χ0) is 17.3. The summed E-state index contributed by atoms with van der Waals surface area (Å²) in [6, 6.07) is 14.7. The smallest absolute Gasteiger partial charge is 0.310 e. The molecule has 0 spiro atoms. The van der Waals surface area contributed by atoms with Gasteiger partial charge in [0.05, 0.1) is 11.0 Å². The molecule has 6 nitrogen and oxygen atoms in total. The summed E-state index contributed by atoms with van der Waals surface area (Å²) >= 11 is 0. The summed E-state index contributed by atoms with van der Waals surface area (Å²) in [6.45, 7) is 0. The average molecular weight is 340 g/mol. The highest BCUT2D eigenvalue weighted by atomic mass is 32.2. The number of benzene rings is 2. The molecule has 0 fully saturated rings. The molecule has 0 radical (unpaired) electrons. The van der Waals surface area contributed by atoms with Gasteiger partial charge in [-0.25, -0.2) is 4.98 Å². The van der Waals surface area contributed by atoms with Crippen LogP contribution in [0, 0.1) is 11.8 Å². The van der Waals surface area contributed by atoms with Gasteiger partial charge in [0, 0.05) is 25.2 Å². The van der Waals surface area contributed by atoms with E-state index in [1.807, 2.05) is 30.3 Å². The van der Waals surface area contributed by atoms with Crippen molar-refractivity contribution >= 4 is 27.2 Å². The number of aromatic nitrogens is 2. The summed E-state index contributed by atoms with van der Waals surface area (Å²) < 4.78 is 27.0. The Morgan fingerprint density at radius 2 is 1.71 bits per heavy atom. The second kappa shape index (κ2) is 6.00. The zero-order valence-corrected chi connectivity index (χ0v) is 14.1. The summed E-state index contributed by atoms with van der Waals surface area (Å²) in [5.41, 5.74) is 8.27. The Morgan fingerprint density at radius 3 is 2.38 bits per heavy atom. The number of nitrogens with zero attached hydrogens (tertiary/aromatic N) is 3. The van der Waals surface area contributed by atoms with Crippen LogP contribution in [0.4, 0.5) is 5.95 Å². The van der Waals surface area contributed by atoms with Gasteiger partial charge in [-0.1, -0.05) is 30.0 Å². The average Bonchev–Trinajstić information content (AvgIpc) is 2.89. The van der Waals surface area contributed by atoms with Crippen molar-refractivity contribution in [2.45, 2.75) is 0 Å². The van der Waals surface area contributed by atoms with Gasteiger partial charge in [-0.15, -0.1) is 0 Å². The van der Waals surface area contributed by atoms with E-state index in [0.29, 0.717) is 16.6 Å². The van der Waals surface area contributed by atoms with Crippen LogP contribution in [0.15, 0.2) is 48.5 Å². The van der Waals surface area contributed by atoms with Crippen molar-refractivity contribution < 1.29 is 8.42 Å². The number of imidazole rings is 1. The first-order valence-corrected chi connectivity index (χ1v) is 8.57. The number of hydrogen-bond donors (Lipinski definition) is 1. The molecule has 2 aromatic carbocycles. The lowest BCUT2D eigenvalue weighted by Crippen LogP contribution is -2.29. The quantitative estimate of drug-likeness (QED) is 0.720. The van der Waals surface area contributed by atoms with Crippen LogP contribution in [0.5, 0.6) is 0 Å². The van der Waals surface area contributed by atoms with Crippen LogP contribution in [0.2, 0.25) is 0 Å². The van der Waals surface area contributed by atoms with Crippen molar-refractivity contribution in [3.05, 3.63) is 59.7 Å². The van der Waals surface area contributed by atoms with Gasteiger partial charge in [-0.2, -0.15) is 16.7 Å². The first kappa shape index (κ1) is 16.1. The molecule has 122 valence electrons. The molecule has 24 heavy (non-hydrogen) atoms. The van der Waals surface area contributed by atoms with Gasteiger partial charge in [-0.3, -0.25) is 0 Å². The van der Waals surface area contributed by atoms with Gasteiger partial charge in [-0.05, 0) is 30.3 Å². The molecule has 0 saturated heterocycles. The van der Waals surface area contributed by atoms with Gasteiger partial charge in [0.15, 0.2) is 0 Å². The number of nitrogen functional groups attached to an aromatic ring is 1. The van der Waals surface area contributed by atoms with Crippen LogP contribution in [0.3, 0.4) is 0 Å². The molecule has 0 aliphatic carbocycles. The van der Waals surface area contributed by atoms with E-state index < -0.39 is 10.2 Å². The Bertz CT molecular complexity index is 1060. The second-order valence-corrected chi connectivity index (χ2v) is 7.34. The van der Waals surface area contributed by atoms with Gasteiger partial charge in [0.25, 0.3) is 0 Å². The summed E-state index contributed by atoms with van der Waals surface area (Å²) in [4.78, 5) is 4.11. The highest BCUT2D eigenvalue weighted by Gasteiger charge is 2.23. The summed E-state index contributed by atoms with van der Waals surface area (Å²) in [7, 11) is -0.872. The number of fused-ring (bicyclic) bond motifs is 1. The Kier molecular flexibility index (Phi) is 4.01. The van der Waals surface area contributed by atoms with Crippen LogP contribution >= 0.6 is 0 Å². The van der Waals surface area contributed by atoms with Crippen molar-refractivity contribution in [2.75, 3.05) is 19.8 Å². The molecule has 0 bridgehead atoms. The van der Waals surface area contributed by atoms with Crippen molar-refractivity contribution in [2.24, 2.45) is 0 Å². The van der Waals surface area contributed by atoms with Crippen molar-refractivity contribution in [3.8, 4) is 11.8 Å². The summed E-state index contributed by atoms with van der Waals surface area (Å²) in [5.74, 6) is 6.00. The molecule has 3 rings (SSSR count).